The van der Waals surface area contributed by atoms with Crippen molar-refractivity contribution in [3.05, 3.63) is 58.5 Å². The molecule has 2 amide bonds. The fraction of sp³-hybridized carbons (Fsp3) is 0.629. The molecule has 0 aromatic rings. The molecule has 2 bridgehead atoms. The normalized spacial score (nSPS) is 33.7. The molecule has 2 aliphatic heterocycles. The number of carbonyl (C=O) groups is 3. The zero-order chi connectivity index (χ0) is 36.2. The van der Waals surface area contributed by atoms with Gasteiger partial charge in [0.1, 0.15) is 12.2 Å². The Morgan fingerprint density at radius 2 is 1.78 bits per heavy atom. The molecule has 1 saturated heterocycles. The zero-order valence-electron chi connectivity index (χ0n) is 29.4. The lowest BCUT2D eigenvalue weighted by molar-refractivity contribution is -0.117. The number of hydrogen-bond acceptors (Lipinski definition) is 11. The van der Waals surface area contributed by atoms with Gasteiger partial charge in [0.05, 0.1) is 17.9 Å². The van der Waals surface area contributed by atoms with Crippen LogP contribution in [0.4, 0.5) is 9.59 Å². The summed E-state index contributed by atoms with van der Waals surface area (Å²) in [6.45, 7) is 10.3. The van der Waals surface area contributed by atoms with Crippen molar-refractivity contribution in [2.45, 2.75) is 90.0 Å². The Morgan fingerprint density at radius 3 is 2.39 bits per heavy atom. The lowest BCUT2D eigenvalue weighted by Gasteiger charge is -2.34. The molecule has 3 aliphatic rings. The fourth-order valence-corrected chi connectivity index (χ4v) is 6.63. The first-order chi connectivity index (χ1) is 23.2. The van der Waals surface area contributed by atoms with Crippen molar-refractivity contribution in [2.75, 3.05) is 40.4 Å². The highest BCUT2D eigenvalue weighted by Gasteiger charge is 2.36. The van der Waals surface area contributed by atoms with Crippen LogP contribution in [-0.2, 0) is 23.7 Å². The summed E-state index contributed by atoms with van der Waals surface area (Å²) in [5, 5.41) is 38.7. The summed E-state index contributed by atoms with van der Waals surface area (Å²) in [6, 6.07) is 0. The maximum Gasteiger partial charge on any atom is 0.506 e. The molecule has 14 nitrogen and oxygen atoms in total. The van der Waals surface area contributed by atoms with E-state index >= 15 is 0 Å². The van der Waals surface area contributed by atoms with E-state index in [-0.39, 0.29) is 23.6 Å². The van der Waals surface area contributed by atoms with Crippen molar-refractivity contribution >= 4 is 18.2 Å². The lowest BCUT2D eigenvalue weighted by atomic mass is 9.84. The molecule has 2 heterocycles. The molecular formula is C35H54N4O10. The van der Waals surface area contributed by atoms with Crippen LogP contribution in [0.1, 0.15) is 53.4 Å². The number of primary amides is 1. The van der Waals surface area contributed by atoms with E-state index in [2.05, 4.69) is 15.5 Å². The molecule has 274 valence electrons. The molecule has 0 aromatic carbocycles. The molecule has 1 aliphatic carbocycles. The van der Waals surface area contributed by atoms with Gasteiger partial charge in [-0.1, -0.05) is 38.2 Å². The molecule has 0 aromatic heterocycles. The third-order valence-electron chi connectivity index (χ3n) is 9.22. The van der Waals surface area contributed by atoms with Crippen molar-refractivity contribution in [3.8, 4) is 0 Å². The van der Waals surface area contributed by atoms with Gasteiger partial charge in [-0.15, -0.1) is 0 Å². The van der Waals surface area contributed by atoms with Gasteiger partial charge in [0.2, 0.25) is 0 Å². The van der Waals surface area contributed by atoms with Crippen LogP contribution in [0, 0.1) is 11.8 Å². The molecule has 14 heteroatoms. The Hall–Kier alpha value is -3.69. The van der Waals surface area contributed by atoms with Gasteiger partial charge in [-0.2, -0.15) is 0 Å². The first kappa shape index (κ1) is 39.7. The van der Waals surface area contributed by atoms with Crippen molar-refractivity contribution in [1.82, 2.24) is 15.5 Å². The highest BCUT2D eigenvalue weighted by atomic mass is 16.7. The van der Waals surface area contributed by atoms with Gasteiger partial charge in [0.15, 0.2) is 12.2 Å². The second-order valence-corrected chi connectivity index (χ2v) is 13.1. The summed E-state index contributed by atoms with van der Waals surface area (Å²) in [5.41, 5.74) is 7.20. The van der Waals surface area contributed by atoms with Crippen LogP contribution in [0.3, 0.4) is 0 Å². The SMILES string of the molecule is CO[C@H]1/C=C\C=C(/C)C(=O)NC2=CC(O)C(NCCN3CCCC3)=C(C[C@@H](C)C[C@H](OC)[C@H](O)[C@@H](C)/C=C(\C)[C@@H]1OC(N)=O)C2OC(=O)O. The minimum Gasteiger partial charge on any atom is -0.450 e. The third-order valence-corrected chi connectivity index (χ3v) is 9.22. The summed E-state index contributed by atoms with van der Waals surface area (Å²) in [5.74, 6) is -1.22. The standard InChI is InChI=1S/C35H54N4O10/c1-20-16-24-29(37-12-15-39-13-7-8-14-39)26(40)19-25(32(24)49-35(44)45)38-33(42)21(2)10-9-11-27(46-5)31(48-34(36)43)23(4)18-22(3)30(41)28(17-20)47-6/h9-11,18-20,22,26-28,30-32,37,40-41H,7-8,12-17H2,1-6H3,(H2,36,43)(H,38,42)(H,44,45)/b11-9-,21-10+,23-18+/t20-,22+,26?,27+,28+,30-,31+,32?/m1/s1. The van der Waals surface area contributed by atoms with Gasteiger partial charge in [0, 0.05) is 44.5 Å². The number of hydrogen-bond donors (Lipinski definition) is 6. The summed E-state index contributed by atoms with van der Waals surface area (Å²) in [7, 11) is 2.93. The maximum absolute atomic E-state index is 13.4. The molecule has 7 N–H and O–H groups in total. The largest absolute Gasteiger partial charge is 0.506 e. The average Bonchev–Trinajstić information content (AvgIpc) is 3.56. The fourth-order valence-electron chi connectivity index (χ4n) is 6.63. The summed E-state index contributed by atoms with van der Waals surface area (Å²) < 4.78 is 22.2. The summed E-state index contributed by atoms with van der Waals surface area (Å²) >= 11 is 0. The Balaban J connectivity index is 2.09. The van der Waals surface area contributed by atoms with Crippen LogP contribution in [0.5, 0.6) is 0 Å². The van der Waals surface area contributed by atoms with E-state index in [1.807, 2.05) is 13.8 Å². The van der Waals surface area contributed by atoms with E-state index in [9.17, 15) is 29.7 Å². The van der Waals surface area contributed by atoms with E-state index in [0.717, 1.165) is 32.5 Å². The molecule has 1 fully saturated rings. The first-order valence-corrected chi connectivity index (χ1v) is 16.8. The number of nitrogens with zero attached hydrogens (tertiary/aromatic N) is 1. The number of methoxy groups -OCH3 is 2. The van der Waals surface area contributed by atoms with E-state index in [1.165, 1.54) is 26.4 Å². The average molecular weight is 691 g/mol. The van der Waals surface area contributed by atoms with Gasteiger partial charge in [0.25, 0.3) is 5.91 Å². The molecular weight excluding hydrogens is 636 g/mol. The van der Waals surface area contributed by atoms with Gasteiger partial charge in [-0.25, -0.2) is 9.59 Å². The van der Waals surface area contributed by atoms with Crippen molar-refractivity contribution in [1.29, 1.82) is 0 Å². The second-order valence-electron chi connectivity index (χ2n) is 13.1. The second kappa shape index (κ2) is 18.9. The maximum atomic E-state index is 13.4. The number of carboxylic acid groups (broad SMARTS) is 1. The predicted molar refractivity (Wildman–Crippen MR) is 182 cm³/mol. The number of aliphatic hydroxyl groups is 2. The predicted octanol–water partition coefficient (Wildman–Crippen LogP) is 2.73. The number of amides is 2. The number of allylic oxidation sites excluding steroid dienone is 2. The van der Waals surface area contributed by atoms with Crippen LogP contribution in [0.25, 0.3) is 0 Å². The van der Waals surface area contributed by atoms with Crippen LogP contribution < -0.4 is 16.4 Å². The smallest absolute Gasteiger partial charge is 0.450 e. The highest BCUT2D eigenvalue weighted by Crippen LogP contribution is 2.33. The molecule has 0 spiro atoms. The third kappa shape index (κ3) is 11.4. The molecule has 0 saturated carbocycles. The van der Waals surface area contributed by atoms with Crippen LogP contribution >= 0.6 is 0 Å². The van der Waals surface area contributed by atoms with E-state index < -0.39 is 60.7 Å². The molecule has 2 unspecified atom stereocenters. The van der Waals surface area contributed by atoms with Gasteiger partial charge < -0.3 is 55.5 Å². The molecule has 49 heavy (non-hydrogen) atoms. The molecule has 8 atom stereocenters. The molecule has 3 rings (SSSR count). The van der Waals surface area contributed by atoms with Crippen molar-refractivity contribution < 1.29 is 48.7 Å². The quantitative estimate of drug-likeness (QED) is 0.161. The van der Waals surface area contributed by atoms with E-state index in [0.29, 0.717) is 29.8 Å². The zero-order valence-corrected chi connectivity index (χ0v) is 29.4. The van der Waals surface area contributed by atoms with Crippen molar-refractivity contribution in [2.24, 2.45) is 17.6 Å². The van der Waals surface area contributed by atoms with Crippen LogP contribution in [-0.4, -0.2) is 115 Å². The Labute approximate surface area is 288 Å². The van der Waals surface area contributed by atoms with Crippen molar-refractivity contribution in [3.63, 3.8) is 0 Å². The first-order valence-electron chi connectivity index (χ1n) is 16.8. The number of carbonyl (C=O) groups excluding carboxylic acids is 2. The monoisotopic (exact) mass is 690 g/mol. The van der Waals surface area contributed by atoms with Crippen LogP contribution in [0.2, 0.25) is 0 Å². The number of ether oxygens (including phenoxy) is 4. The van der Waals surface area contributed by atoms with Crippen LogP contribution in [0.15, 0.2) is 58.5 Å². The number of rotatable bonds is 8. The summed E-state index contributed by atoms with van der Waals surface area (Å²) in [6.07, 6.45) is 2.40. The Kier molecular flexibility index (Phi) is 15.3. The Bertz CT molecular complexity index is 1320. The Morgan fingerprint density at radius 1 is 1.08 bits per heavy atom. The number of likely N-dealkylation sites (tertiary alicyclic amines) is 1. The van der Waals surface area contributed by atoms with E-state index in [1.54, 1.807) is 32.1 Å². The summed E-state index contributed by atoms with van der Waals surface area (Å²) in [4.78, 5) is 39.5. The number of aliphatic hydroxyl groups excluding tert-OH is 2. The number of nitrogens with one attached hydrogen (secondary N) is 2. The van der Waals surface area contributed by atoms with Gasteiger partial charge >= 0.3 is 12.2 Å². The molecule has 0 radical (unpaired) electrons. The highest BCUT2D eigenvalue weighted by molar-refractivity contribution is 5.94. The van der Waals surface area contributed by atoms with Gasteiger partial charge in [-0.3, -0.25) is 4.79 Å². The number of fused-ring (bicyclic) bond motifs is 2. The number of nitrogens with two attached hydrogens (primary N) is 1. The van der Waals surface area contributed by atoms with E-state index in [4.69, 9.17) is 24.7 Å². The lowest BCUT2D eigenvalue weighted by Crippen LogP contribution is -2.43. The minimum atomic E-state index is -1.55. The minimum absolute atomic E-state index is 0.0864. The topological polar surface area (TPSA) is 202 Å². The van der Waals surface area contributed by atoms with Gasteiger partial charge in [-0.05, 0) is 75.8 Å².